The molecule has 0 aliphatic rings. The van der Waals surface area contributed by atoms with Crippen molar-refractivity contribution in [2.24, 2.45) is 0 Å². The van der Waals surface area contributed by atoms with Gasteiger partial charge in [0.15, 0.2) is 6.29 Å². The number of hydrogen-bond donors (Lipinski definition) is 0. The van der Waals surface area contributed by atoms with Crippen molar-refractivity contribution in [2.45, 2.75) is 6.29 Å². The van der Waals surface area contributed by atoms with Crippen molar-refractivity contribution in [3.63, 3.8) is 0 Å². The first-order valence-corrected chi connectivity index (χ1v) is 9.07. The summed E-state index contributed by atoms with van der Waals surface area (Å²) in [5, 5.41) is -0.110. The van der Waals surface area contributed by atoms with E-state index in [9.17, 15) is 9.18 Å². The van der Waals surface area contributed by atoms with E-state index in [2.05, 4.69) is 6.58 Å². The Balaban J connectivity index is 2.50. The van der Waals surface area contributed by atoms with Crippen molar-refractivity contribution in [3.05, 3.63) is 65.5 Å². The van der Waals surface area contributed by atoms with Gasteiger partial charge in [-0.05, 0) is 36.4 Å². The van der Waals surface area contributed by atoms with Crippen LogP contribution in [-0.4, -0.2) is 46.7 Å². The van der Waals surface area contributed by atoms with Gasteiger partial charge in [0.2, 0.25) is 0 Å². The molecular formula is C21H23ClFNO5. The molecule has 2 rings (SSSR count). The third-order valence-corrected chi connectivity index (χ3v) is 4.38. The average Bonchev–Trinajstić information content (AvgIpc) is 2.74. The zero-order valence-electron chi connectivity index (χ0n) is 16.5. The Kier molecular flexibility index (Phi) is 8.45. The maximum Gasteiger partial charge on any atom is 0.262 e. The SMILES string of the molecule is C=CCOc1ccc(OC)c(C(=O)N(CC(OC)OC)c2ccc(F)c(Cl)c2)c1. The van der Waals surface area contributed by atoms with E-state index in [0.29, 0.717) is 17.2 Å². The Labute approximate surface area is 174 Å². The number of amides is 1. The number of nitrogens with zero attached hydrogens (tertiary/aromatic N) is 1. The molecule has 0 unspecified atom stereocenters. The second kappa shape index (κ2) is 10.8. The zero-order valence-corrected chi connectivity index (χ0v) is 17.2. The first kappa shape index (κ1) is 22.7. The highest BCUT2D eigenvalue weighted by Gasteiger charge is 2.25. The summed E-state index contributed by atoms with van der Waals surface area (Å²) in [6.45, 7) is 3.93. The number of carbonyl (C=O) groups excluding carboxylic acids is 1. The van der Waals surface area contributed by atoms with E-state index in [0.717, 1.165) is 0 Å². The topological polar surface area (TPSA) is 57.2 Å². The van der Waals surface area contributed by atoms with Crippen LogP contribution in [0.1, 0.15) is 10.4 Å². The molecule has 0 bridgehead atoms. The van der Waals surface area contributed by atoms with Crippen LogP contribution in [0, 0.1) is 5.82 Å². The van der Waals surface area contributed by atoms with E-state index in [-0.39, 0.29) is 23.7 Å². The monoisotopic (exact) mass is 423 g/mol. The number of carbonyl (C=O) groups is 1. The van der Waals surface area contributed by atoms with Gasteiger partial charge in [-0.1, -0.05) is 24.3 Å². The summed E-state index contributed by atoms with van der Waals surface area (Å²) in [5.74, 6) is -0.186. The van der Waals surface area contributed by atoms with Gasteiger partial charge in [0.1, 0.15) is 23.9 Å². The average molecular weight is 424 g/mol. The number of methoxy groups -OCH3 is 3. The molecule has 0 aliphatic heterocycles. The summed E-state index contributed by atoms with van der Waals surface area (Å²) in [7, 11) is 4.38. The van der Waals surface area contributed by atoms with Crippen LogP contribution in [-0.2, 0) is 9.47 Å². The number of benzene rings is 2. The molecule has 6 nitrogen and oxygen atoms in total. The minimum absolute atomic E-state index is 0.0364. The summed E-state index contributed by atoms with van der Waals surface area (Å²) in [6, 6.07) is 8.88. The highest BCUT2D eigenvalue weighted by Crippen LogP contribution is 2.29. The van der Waals surface area contributed by atoms with Crippen molar-refractivity contribution in [3.8, 4) is 11.5 Å². The summed E-state index contributed by atoms with van der Waals surface area (Å²) in [5.41, 5.74) is 0.625. The van der Waals surface area contributed by atoms with Crippen LogP contribution in [0.15, 0.2) is 49.1 Å². The summed E-state index contributed by atoms with van der Waals surface area (Å²) < 4.78 is 35.0. The molecule has 0 aliphatic carbocycles. The van der Waals surface area contributed by atoms with E-state index < -0.39 is 18.0 Å². The van der Waals surface area contributed by atoms with Gasteiger partial charge in [-0.25, -0.2) is 4.39 Å². The first-order valence-electron chi connectivity index (χ1n) is 8.69. The van der Waals surface area contributed by atoms with Gasteiger partial charge in [-0.2, -0.15) is 0 Å². The molecule has 0 aromatic heterocycles. The fraction of sp³-hybridized carbons (Fsp3) is 0.286. The Morgan fingerprint density at radius 1 is 1.21 bits per heavy atom. The van der Waals surface area contributed by atoms with Crippen LogP contribution in [0.5, 0.6) is 11.5 Å². The van der Waals surface area contributed by atoms with Crippen LogP contribution >= 0.6 is 11.6 Å². The normalized spacial score (nSPS) is 10.7. The molecule has 0 atom stereocenters. The van der Waals surface area contributed by atoms with Crippen LogP contribution in [0.4, 0.5) is 10.1 Å². The van der Waals surface area contributed by atoms with E-state index in [1.54, 1.807) is 24.3 Å². The molecule has 2 aromatic rings. The van der Waals surface area contributed by atoms with Crippen molar-refractivity contribution in [2.75, 3.05) is 39.4 Å². The lowest BCUT2D eigenvalue weighted by atomic mass is 10.1. The molecule has 8 heteroatoms. The zero-order chi connectivity index (χ0) is 21.4. The highest BCUT2D eigenvalue weighted by atomic mass is 35.5. The minimum Gasteiger partial charge on any atom is -0.496 e. The van der Waals surface area contributed by atoms with Crippen molar-refractivity contribution in [1.29, 1.82) is 0 Å². The second-order valence-electron chi connectivity index (χ2n) is 5.88. The highest BCUT2D eigenvalue weighted by molar-refractivity contribution is 6.31. The van der Waals surface area contributed by atoms with E-state index in [4.69, 9.17) is 30.5 Å². The number of ether oxygens (including phenoxy) is 4. The van der Waals surface area contributed by atoms with Crippen molar-refractivity contribution < 1.29 is 28.1 Å². The third kappa shape index (κ3) is 5.69. The van der Waals surface area contributed by atoms with Gasteiger partial charge in [0, 0.05) is 19.9 Å². The molecule has 0 heterocycles. The smallest absolute Gasteiger partial charge is 0.262 e. The summed E-state index contributed by atoms with van der Waals surface area (Å²) in [4.78, 5) is 14.8. The lowest BCUT2D eigenvalue weighted by Gasteiger charge is -2.27. The predicted molar refractivity (Wildman–Crippen MR) is 110 cm³/mol. The lowest BCUT2D eigenvalue weighted by molar-refractivity contribution is -0.0942. The first-order chi connectivity index (χ1) is 13.9. The fourth-order valence-corrected chi connectivity index (χ4v) is 2.77. The Hall–Kier alpha value is -2.61. The number of anilines is 1. The molecule has 0 saturated carbocycles. The molecule has 0 saturated heterocycles. The summed E-state index contributed by atoms with van der Waals surface area (Å²) >= 11 is 5.92. The van der Waals surface area contributed by atoms with Gasteiger partial charge >= 0.3 is 0 Å². The molecule has 0 N–H and O–H groups in total. The molecule has 1 amide bonds. The van der Waals surface area contributed by atoms with Crippen LogP contribution < -0.4 is 14.4 Å². The van der Waals surface area contributed by atoms with E-state index >= 15 is 0 Å². The van der Waals surface area contributed by atoms with Gasteiger partial charge in [0.05, 0.1) is 24.2 Å². The maximum atomic E-state index is 13.6. The van der Waals surface area contributed by atoms with Crippen molar-refractivity contribution >= 4 is 23.2 Å². The Bertz CT molecular complexity index is 857. The van der Waals surface area contributed by atoms with Gasteiger partial charge in [0.25, 0.3) is 5.91 Å². The van der Waals surface area contributed by atoms with Crippen LogP contribution in [0.2, 0.25) is 5.02 Å². The Morgan fingerprint density at radius 2 is 1.93 bits per heavy atom. The molecule has 0 fully saturated rings. The molecule has 0 radical (unpaired) electrons. The third-order valence-electron chi connectivity index (χ3n) is 4.09. The van der Waals surface area contributed by atoms with Crippen molar-refractivity contribution in [1.82, 2.24) is 0 Å². The van der Waals surface area contributed by atoms with E-state index in [1.165, 1.54) is 44.4 Å². The number of rotatable bonds is 10. The van der Waals surface area contributed by atoms with Crippen LogP contribution in [0.3, 0.4) is 0 Å². The quantitative estimate of drug-likeness (QED) is 0.421. The van der Waals surface area contributed by atoms with Gasteiger partial charge in [-0.15, -0.1) is 0 Å². The molecule has 2 aromatic carbocycles. The maximum absolute atomic E-state index is 13.6. The van der Waals surface area contributed by atoms with E-state index in [1.807, 2.05) is 0 Å². The largest absolute Gasteiger partial charge is 0.496 e. The second-order valence-corrected chi connectivity index (χ2v) is 6.28. The predicted octanol–water partition coefficient (Wildman–Crippen LogP) is 4.32. The summed E-state index contributed by atoms with van der Waals surface area (Å²) in [6.07, 6.45) is 0.884. The molecule has 29 heavy (non-hydrogen) atoms. The number of hydrogen-bond acceptors (Lipinski definition) is 5. The number of halogens is 2. The Morgan fingerprint density at radius 3 is 2.52 bits per heavy atom. The molecule has 0 spiro atoms. The fourth-order valence-electron chi connectivity index (χ4n) is 2.60. The standard InChI is InChI=1S/C21H23ClFNO5/c1-5-10-29-15-7-9-19(26-2)16(12-15)21(25)24(13-20(27-3)28-4)14-6-8-18(23)17(22)11-14/h5-9,11-12,20H,1,10,13H2,2-4H3. The molecule has 156 valence electrons. The van der Waals surface area contributed by atoms with Crippen LogP contribution in [0.25, 0.3) is 0 Å². The lowest BCUT2D eigenvalue weighted by Crippen LogP contribution is -2.39. The molecular weight excluding hydrogens is 401 g/mol. The van der Waals surface area contributed by atoms with Gasteiger partial charge in [-0.3, -0.25) is 4.79 Å². The minimum atomic E-state index is -0.714. The van der Waals surface area contributed by atoms with Gasteiger partial charge < -0.3 is 23.8 Å².